The smallest absolute Gasteiger partial charge is 0.331 e. The van der Waals surface area contributed by atoms with Gasteiger partial charge in [0.1, 0.15) is 5.01 Å². The first kappa shape index (κ1) is 22.1. The van der Waals surface area contributed by atoms with Crippen molar-refractivity contribution in [3.05, 3.63) is 46.4 Å². The van der Waals surface area contributed by atoms with Crippen molar-refractivity contribution in [2.45, 2.75) is 31.1 Å². The number of anilines is 1. The molecule has 10 heteroatoms. The highest BCUT2D eigenvalue weighted by atomic mass is 32.2. The van der Waals surface area contributed by atoms with Crippen molar-refractivity contribution in [3.63, 3.8) is 0 Å². The van der Waals surface area contributed by atoms with Crippen molar-refractivity contribution in [2.24, 2.45) is 0 Å². The van der Waals surface area contributed by atoms with Crippen molar-refractivity contribution in [3.8, 4) is 0 Å². The summed E-state index contributed by atoms with van der Waals surface area (Å²) in [6, 6.07) is 4.63. The Kier molecular flexibility index (Phi) is 7.35. The fraction of sp³-hybridized carbons (Fsp3) is 0.350. The fourth-order valence-corrected chi connectivity index (χ4v) is 5.05. The minimum absolute atomic E-state index is 0.133. The van der Waals surface area contributed by atoms with Crippen LogP contribution in [0.3, 0.4) is 0 Å². The molecule has 0 bridgehead atoms. The van der Waals surface area contributed by atoms with Crippen LogP contribution in [0, 0.1) is 6.92 Å². The van der Waals surface area contributed by atoms with Crippen LogP contribution in [0.15, 0.2) is 40.7 Å². The number of amides is 1. The maximum absolute atomic E-state index is 12.9. The van der Waals surface area contributed by atoms with E-state index in [1.54, 1.807) is 30.6 Å². The van der Waals surface area contributed by atoms with Crippen LogP contribution in [0.4, 0.5) is 5.69 Å². The highest BCUT2D eigenvalue weighted by molar-refractivity contribution is 7.89. The van der Waals surface area contributed by atoms with E-state index in [1.807, 2.05) is 0 Å². The van der Waals surface area contributed by atoms with E-state index in [-0.39, 0.29) is 4.90 Å². The summed E-state index contributed by atoms with van der Waals surface area (Å²) in [5.41, 5.74) is 1.07. The first-order valence-corrected chi connectivity index (χ1v) is 11.8. The highest BCUT2D eigenvalue weighted by Gasteiger charge is 2.26. The van der Waals surface area contributed by atoms with Gasteiger partial charge in [0, 0.05) is 36.4 Å². The maximum atomic E-state index is 12.9. The zero-order valence-corrected chi connectivity index (χ0v) is 18.2. The topological polar surface area (TPSA) is 106 Å². The third kappa shape index (κ3) is 5.74. The SMILES string of the molecule is Cc1ccc(S(=O)(=O)N2CCCCC2)cc1NC(=O)COC(=O)/C=C/c1nccs1. The summed E-state index contributed by atoms with van der Waals surface area (Å²) >= 11 is 1.37. The monoisotopic (exact) mass is 449 g/mol. The van der Waals surface area contributed by atoms with Gasteiger partial charge in [0.2, 0.25) is 10.0 Å². The highest BCUT2D eigenvalue weighted by Crippen LogP contribution is 2.25. The number of nitrogens with zero attached hydrogens (tertiary/aromatic N) is 2. The van der Waals surface area contributed by atoms with Crippen LogP contribution in [0.2, 0.25) is 0 Å². The number of esters is 1. The first-order chi connectivity index (χ1) is 14.4. The second-order valence-corrected chi connectivity index (χ2v) is 9.67. The molecule has 30 heavy (non-hydrogen) atoms. The molecule has 1 aliphatic rings. The zero-order valence-electron chi connectivity index (χ0n) is 16.5. The van der Waals surface area contributed by atoms with E-state index in [2.05, 4.69) is 10.3 Å². The van der Waals surface area contributed by atoms with Gasteiger partial charge in [-0.05, 0) is 43.5 Å². The molecule has 1 saturated heterocycles. The standard InChI is InChI=1S/C20H23N3O5S2/c1-15-5-6-16(30(26,27)23-10-3-2-4-11-23)13-17(15)22-18(24)14-28-20(25)8-7-19-21-9-12-29-19/h5-9,12-13H,2-4,10-11,14H2,1H3,(H,22,24)/b8-7+. The predicted octanol–water partition coefficient (Wildman–Crippen LogP) is 2.82. The van der Waals surface area contributed by atoms with Crippen molar-refractivity contribution in [2.75, 3.05) is 25.0 Å². The van der Waals surface area contributed by atoms with Crippen LogP contribution >= 0.6 is 11.3 Å². The number of rotatable bonds is 7. The lowest BCUT2D eigenvalue weighted by molar-refractivity contribution is -0.142. The van der Waals surface area contributed by atoms with Crippen LogP contribution in [-0.4, -0.2) is 49.3 Å². The van der Waals surface area contributed by atoms with Crippen LogP contribution in [0.1, 0.15) is 29.8 Å². The Balaban J connectivity index is 1.61. The Morgan fingerprint density at radius 2 is 2.03 bits per heavy atom. The third-order valence-corrected chi connectivity index (χ3v) is 7.23. The summed E-state index contributed by atoms with van der Waals surface area (Å²) in [6.45, 7) is 2.28. The minimum atomic E-state index is -3.61. The first-order valence-electron chi connectivity index (χ1n) is 9.51. The van der Waals surface area contributed by atoms with Gasteiger partial charge in [0.05, 0.1) is 4.90 Å². The second kappa shape index (κ2) is 9.96. The molecule has 2 aromatic rings. The van der Waals surface area contributed by atoms with Gasteiger partial charge in [-0.25, -0.2) is 18.2 Å². The second-order valence-electron chi connectivity index (χ2n) is 6.80. The summed E-state index contributed by atoms with van der Waals surface area (Å²) in [5.74, 6) is -1.22. The molecule has 0 spiro atoms. The Morgan fingerprint density at radius 1 is 1.27 bits per heavy atom. The number of ether oxygens (including phenoxy) is 1. The average molecular weight is 450 g/mol. The molecule has 3 rings (SSSR count). The van der Waals surface area contributed by atoms with Crippen molar-refractivity contribution in [1.29, 1.82) is 0 Å². The molecule has 1 aliphatic heterocycles. The van der Waals surface area contributed by atoms with E-state index in [0.29, 0.717) is 29.3 Å². The van der Waals surface area contributed by atoms with E-state index in [4.69, 9.17) is 4.74 Å². The third-order valence-electron chi connectivity index (χ3n) is 4.59. The van der Waals surface area contributed by atoms with Crippen molar-refractivity contribution < 1.29 is 22.7 Å². The van der Waals surface area contributed by atoms with E-state index in [9.17, 15) is 18.0 Å². The number of carbonyl (C=O) groups is 2. The molecule has 1 N–H and O–H groups in total. The van der Waals surface area contributed by atoms with E-state index < -0.39 is 28.5 Å². The van der Waals surface area contributed by atoms with Crippen LogP contribution in [-0.2, 0) is 24.3 Å². The number of nitrogens with one attached hydrogen (secondary N) is 1. The lowest BCUT2D eigenvalue weighted by atomic mass is 10.2. The molecule has 1 aromatic carbocycles. The fourth-order valence-electron chi connectivity index (χ4n) is 2.98. The maximum Gasteiger partial charge on any atom is 0.331 e. The van der Waals surface area contributed by atoms with Crippen LogP contribution in [0.5, 0.6) is 0 Å². The van der Waals surface area contributed by atoms with Gasteiger partial charge in [0.25, 0.3) is 5.91 Å². The van der Waals surface area contributed by atoms with Gasteiger partial charge in [-0.3, -0.25) is 4.79 Å². The zero-order chi connectivity index (χ0) is 21.6. The number of aromatic nitrogens is 1. The summed E-state index contributed by atoms with van der Waals surface area (Å²) in [4.78, 5) is 28.0. The molecule has 0 unspecified atom stereocenters. The number of hydrogen-bond acceptors (Lipinski definition) is 7. The quantitative estimate of drug-likeness (QED) is 0.515. The Labute approximate surface area is 179 Å². The molecular weight excluding hydrogens is 426 g/mol. The van der Waals surface area contributed by atoms with Gasteiger partial charge in [-0.2, -0.15) is 4.31 Å². The van der Waals surface area contributed by atoms with E-state index in [1.165, 1.54) is 33.9 Å². The van der Waals surface area contributed by atoms with Crippen LogP contribution in [0.25, 0.3) is 6.08 Å². The largest absolute Gasteiger partial charge is 0.452 e. The Morgan fingerprint density at radius 3 is 2.73 bits per heavy atom. The normalized spacial score (nSPS) is 15.2. The van der Waals surface area contributed by atoms with Gasteiger partial charge < -0.3 is 10.1 Å². The molecule has 1 aromatic heterocycles. The van der Waals surface area contributed by atoms with Gasteiger partial charge in [0.15, 0.2) is 6.61 Å². The molecule has 0 radical (unpaired) electrons. The lowest BCUT2D eigenvalue weighted by Gasteiger charge is -2.26. The lowest BCUT2D eigenvalue weighted by Crippen LogP contribution is -2.35. The molecule has 0 atom stereocenters. The number of thiazole rings is 1. The summed E-state index contributed by atoms with van der Waals surface area (Å²) < 4.78 is 32.1. The average Bonchev–Trinajstić information content (AvgIpc) is 3.26. The number of piperidine rings is 1. The minimum Gasteiger partial charge on any atom is -0.452 e. The van der Waals surface area contributed by atoms with Crippen LogP contribution < -0.4 is 5.32 Å². The van der Waals surface area contributed by atoms with Gasteiger partial charge in [-0.1, -0.05) is 12.5 Å². The Bertz CT molecular complexity index is 1030. The van der Waals surface area contributed by atoms with E-state index in [0.717, 1.165) is 19.3 Å². The molecular formula is C20H23N3O5S2. The van der Waals surface area contributed by atoms with Crippen molar-refractivity contribution >= 4 is 45.0 Å². The predicted molar refractivity (Wildman–Crippen MR) is 115 cm³/mol. The molecule has 1 amide bonds. The molecule has 0 saturated carbocycles. The summed E-state index contributed by atoms with van der Waals surface area (Å²) in [7, 11) is -3.61. The molecule has 160 valence electrons. The molecule has 2 heterocycles. The van der Waals surface area contributed by atoms with Gasteiger partial charge in [-0.15, -0.1) is 11.3 Å². The van der Waals surface area contributed by atoms with Crippen molar-refractivity contribution in [1.82, 2.24) is 9.29 Å². The molecule has 1 fully saturated rings. The number of aryl methyl sites for hydroxylation is 1. The van der Waals surface area contributed by atoms with E-state index >= 15 is 0 Å². The molecule has 8 nitrogen and oxygen atoms in total. The number of benzene rings is 1. The Hall–Kier alpha value is -2.56. The number of hydrogen-bond donors (Lipinski definition) is 1. The molecule has 0 aliphatic carbocycles. The number of sulfonamides is 1. The summed E-state index contributed by atoms with van der Waals surface area (Å²) in [5, 5.41) is 5.05. The van der Waals surface area contributed by atoms with Gasteiger partial charge >= 0.3 is 5.97 Å². The summed E-state index contributed by atoms with van der Waals surface area (Å²) in [6.07, 6.45) is 7.03. The number of carbonyl (C=O) groups excluding carboxylic acids is 2.